The maximum atomic E-state index is 14.6. The Morgan fingerprint density at radius 1 is 1.23 bits per heavy atom. The first-order valence-corrected chi connectivity index (χ1v) is 13.8. The summed E-state index contributed by atoms with van der Waals surface area (Å²) in [4.78, 5) is 45.1. The van der Waals surface area contributed by atoms with Gasteiger partial charge in [0.1, 0.15) is 17.4 Å². The maximum absolute atomic E-state index is 14.6. The number of hydrogen-bond donors (Lipinski definition) is 1. The number of rotatable bonds is 11. The van der Waals surface area contributed by atoms with Gasteiger partial charge in [0.2, 0.25) is 5.91 Å². The third-order valence-electron chi connectivity index (χ3n) is 8.41. The molecule has 0 aromatic heterocycles. The molecule has 2 bridgehead atoms. The van der Waals surface area contributed by atoms with E-state index in [4.69, 9.17) is 14.2 Å². The molecule has 0 radical (unpaired) electrons. The molecule has 0 saturated carbocycles. The fourth-order valence-electron chi connectivity index (χ4n) is 6.77. The summed E-state index contributed by atoms with van der Waals surface area (Å²) >= 11 is 0. The Bertz CT molecular complexity index is 1250. The number of amides is 2. The van der Waals surface area contributed by atoms with E-state index >= 15 is 0 Å². The fourth-order valence-corrected chi connectivity index (χ4v) is 6.77. The number of aliphatic hydroxyl groups excluding tert-OH is 1. The third kappa shape index (κ3) is 4.57. The molecule has 2 amide bonds. The minimum absolute atomic E-state index is 0.180. The summed E-state index contributed by atoms with van der Waals surface area (Å²) in [6.45, 7) is 5.59. The van der Waals surface area contributed by atoms with Crippen molar-refractivity contribution < 1.29 is 33.7 Å². The van der Waals surface area contributed by atoms with E-state index in [1.807, 2.05) is 30.3 Å². The molecule has 40 heavy (non-hydrogen) atoms. The normalized spacial score (nSPS) is 27.3. The molecule has 0 aliphatic carbocycles. The van der Waals surface area contributed by atoms with Gasteiger partial charge in [-0.3, -0.25) is 14.4 Å². The Hall–Kier alpha value is -3.69. The maximum Gasteiger partial charge on any atom is 0.312 e. The van der Waals surface area contributed by atoms with Crippen LogP contribution in [0.15, 0.2) is 67.3 Å². The predicted octanol–water partition coefficient (Wildman–Crippen LogP) is 2.76. The molecule has 9 heteroatoms. The van der Waals surface area contributed by atoms with E-state index in [2.05, 4.69) is 6.58 Å². The topological polar surface area (TPSA) is 106 Å². The number of likely N-dealkylation sites (tertiary alicyclic amines) is 1. The molecule has 9 nitrogen and oxygen atoms in total. The van der Waals surface area contributed by atoms with Crippen LogP contribution < -0.4 is 9.64 Å². The number of carbonyl (C=O) groups is 3. The number of fused-ring (bicyclic) bond motifs is 1. The molecule has 3 fully saturated rings. The van der Waals surface area contributed by atoms with Gasteiger partial charge in [0, 0.05) is 12.2 Å². The second-order valence-corrected chi connectivity index (χ2v) is 10.5. The second-order valence-electron chi connectivity index (χ2n) is 10.5. The standard InChI is InChI=1S/C31H36N2O7/c1-4-17-32(21-11-13-23(38-3)14-12-21)29(36)27-31-16-15-24(40-31)25(30(37)39-5-2)26(31)28(35)33(27)22(19-34)18-20-9-7-6-8-10-20/h4,6-14,22,24-27,34H,1,5,15-19H2,2-3H3/t22-,24+,25-,26+,27?,31?/m1/s1. The van der Waals surface area contributed by atoms with Crippen LogP contribution in [-0.4, -0.2) is 78.4 Å². The quantitative estimate of drug-likeness (QED) is 0.340. The summed E-state index contributed by atoms with van der Waals surface area (Å²) in [5.41, 5.74) is 0.322. The van der Waals surface area contributed by atoms with Crippen LogP contribution in [-0.2, 0) is 30.3 Å². The third-order valence-corrected chi connectivity index (χ3v) is 8.41. The number of ether oxygens (including phenoxy) is 3. The molecule has 3 aliphatic rings. The zero-order valence-electron chi connectivity index (χ0n) is 22.9. The highest BCUT2D eigenvalue weighted by atomic mass is 16.6. The van der Waals surface area contributed by atoms with Crippen molar-refractivity contribution in [2.24, 2.45) is 11.8 Å². The largest absolute Gasteiger partial charge is 0.497 e. The van der Waals surface area contributed by atoms with Crippen molar-refractivity contribution >= 4 is 23.5 Å². The van der Waals surface area contributed by atoms with Crippen molar-refractivity contribution in [1.82, 2.24) is 4.90 Å². The van der Waals surface area contributed by atoms with Crippen molar-refractivity contribution in [2.45, 2.75) is 50.0 Å². The molecule has 5 rings (SSSR count). The Labute approximate surface area is 234 Å². The first-order valence-electron chi connectivity index (χ1n) is 13.8. The minimum atomic E-state index is -1.20. The predicted molar refractivity (Wildman–Crippen MR) is 148 cm³/mol. The van der Waals surface area contributed by atoms with E-state index < -0.39 is 41.6 Å². The van der Waals surface area contributed by atoms with Gasteiger partial charge in [0.25, 0.3) is 5.91 Å². The van der Waals surface area contributed by atoms with Crippen LogP contribution in [0.3, 0.4) is 0 Å². The lowest BCUT2D eigenvalue weighted by Gasteiger charge is -2.39. The Kier molecular flexibility index (Phi) is 7.96. The monoisotopic (exact) mass is 548 g/mol. The van der Waals surface area contributed by atoms with Gasteiger partial charge in [0.15, 0.2) is 0 Å². The van der Waals surface area contributed by atoms with E-state index in [0.29, 0.717) is 30.7 Å². The molecular weight excluding hydrogens is 512 g/mol. The van der Waals surface area contributed by atoms with Crippen LogP contribution in [0, 0.1) is 11.8 Å². The van der Waals surface area contributed by atoms with Crippen molar-refractivity contribution in [3.05, 3.63) is 72.8 Å². The van der Waals surface area contributed by atoms with Gasteiger partial charge < -0.3 is 29.1 Å². The summed E-state index contributed by atoms with van der Waals surface area (Å²) in [6, 6.07) is 14.9. The highest BCUT2D eigenvalue weighted by Gasteiger charge is 2.75. The molecule has 6 atom stereocenters. The zero-order chi connectivity index (χ0) is 28.4. The average Bonchev–Trinajstić information content (AvgIpc) is 3.62. The zero-order valence-corrected chi connectivity index (χ0v) is 22.9. The number of anilines is 1. The molecule has 2 unspecified atom stereocenters. The molecule has 1 N–H and O–H groups in total. The summed E-state index contributed by atoms with van der Waals surface area (Å²) in [5, 5.41) is 10.6. The average molecular weight is 549 g/mol. The van der Waals surface area contributed by atoms with Gasteiger partial charge in [-0.2, -0.15) is 0 Å². The second kappa shape index (κ2) is 11.4. The van der Waals surface area contributed by atoms with E-state index in [0.717, 1.165) is 5.56 Å². The van der Waals surface area contributed by atoms with Crippen LogP contribution in [0.1, 0.15) is 25.3 Å². The number of benzene rings is 2. The van der Waals surface area contributed by atoms with Crippen LogP contribution in [0.2, 0.25) is 0 Å². The molecule has 2 aromatic rings. The van der Waals surface area contributed by atoms with Gasteiger partial charge in [-0.1, -0.05) is 36.4 Å². The molecule has 3 aliphatic heterocycles. The van der Waals surface area contributed by atoms with Gasteiger partial charge in [-0.25, -0.2) is 0 Å². The lowest BCUT2D eigenvalue weighted by atomic mass is 9.70. The number of aliphatic hydroxyl groups is 1. The van der Waals surface area contributed by atoms with E-state index in [9.17, 15) is 19.5 Å². The van der Waals surface area contributed by atoms with Crippen molar-refractivity contribution in [3.8, 4) is 5.75 Å². The number of nitrogens with zero attached hydrogens (tertiary/aromatic N) is 2. The molecule has 3 heterocycles. The van der Waals surface area contributed by atoms with Gasteiger partial charge in [-0.15, -0.1) is 6.58 Å². The van der Waals surface area contributed by atoms with E-state index in [-0.39, 0.29) is 31.6 Å². The summed E-state index contributed by atoms with van der Waals surface area (Å²) in [6.07, 6.45) is 2.45. The van der Waals surface area contributed by atoms with E-state index in [1.165, 1.54) is 4.90 Å². The lowest BCUT2D eigenvalue weighted by molar-refractivity contribution is -0.155. The number of carbonyl (C=O) groups excluding carboxylic acids is 3. The Balaban J connectivity index is 1.59. The summed E-state index contributed by atoms with van der Waals surface area (Å²) < 4.78 is 17.2. The summed E-state index contributed by atoms with van der Waals surface area (Å²) in [7, 11) is 1.57. The van der Waals surface area contributed by atoms with Crippen molar-refractivity contribution in [1.29, 1.82) is 0 Å². The Morgan fingerprint density at radius 2 is 1.95 bits per heavy atom. The molecular formula is C31H36N2O7. The Morgan fingerprint density at radius 3 is 2.58 bits per heavy atom. The van der Waals surface area contributed by atoms with Crippen LogP contribution in [0.5, 0.6) is 5.75 Å². The lowest BCUT2D eigenvalue weighted by Crippen LogP contribution is -2.59. The smallest absolute Gasteiger partial charge is 0.312 e. The first-order chi connectivity index (χ1) is 19.4. The highest BCUT2D eigenvalue weighted by Crippen LogP contribution is 2.59. The number of esters is 1. The molecule has 2 aromatic carbocycles. The molecule has 3 saturated heterocycles. The molecule has 1 spiro atoms. The minimum Gasteiger partial charge on any atom is -0.497 e. The van der Waals surface area contributed by atoms with Gasteiger partial charge in [0.05, 0.1) is 44.3 Å². The highest BCUT2D eigenvalue weighted by molar-refractivity contribution is 6.04. The van der Waals surface area contributed by atoms with Gasteiger partial charge in [-0.05, 0) is 56.0 Å². The number of hydrogen-bond acceptors (Lipinski definition) is 7. The van der Waals surface area contributed by atoms with E-state index in [1.54, 1.807) is 49.3 Å². The van der Waals surface area contributed by atoms with Crippen molar-refractivity contribution in [3.63, 3.8) is 0 Å². The SMILES string of the molecule is C=CCN(C(=O)C1N([C@@H](CO)Cc2ccccc2)C(=O)[C@@H]2[C@H](C(=O)OCC)[C@@H]3CCC12O3)c1ccc(OC)cc1. The molecule has 212 valence electrons. The van der Waals surface area contributed by atoms with Crippen LogP contribution in [0.4, 0.5) is 5.69 Å². The van der Waals surface area contributed by atoms with Gasteiger partial charge >= 0.3 is 5.97 Å². The first kappa shape index (κ1) is 27.9. The van der Waals surface area contributed by atoms with Crippen molar-refractivity contribution in [2.75, 3.05) is 31.8 Å². The van der Waals surface area contributed by atoms with Crippen LogP contribution >= 0.6 is 0 Å². The fraction of sp³-hybridized carbons (Fsp3) is 0.452. The van der Waals surface area contributed by atoms with Crippen LogP contribution in [0.25, 0.3) is 0 Å². The number of methoxy groups -OCH3 is 1. The summed E-state index contributed by atoms with van der Waals surface area (Å²) in [5.74, 6) is -2.22.